The Bertz CT molecular complexity index is 1260. The lowest BCUT2D eigenvalue weighted by atomic mass is 9.77. The van der Waals surface area contributed by atoms with Gasteiger partial charge in [-0.2, -0.15) is 5.10 Å². The highest BCUT2D eigenvalue weighted by molar-refractivity contribution is 6.20. The number of aromatic nitrogens is 2. The monoisotopic (exact) mass is 487 g/mol. The molecule has 3 aromatic rings. The summed E-state index contributed by atoms with van der Waals surface area (Å²) in [5.41, 5.74) is -0.969. The van der Waals surface area contributed by atoms with Crippen LogP contribution in [0.4, 0.5) is 20.2 Å². The number of H-pyrrole nitrogens is 1. The van der Waals surface area contributed by atoms with Gasteiger partial charge in [-0.25, -0.2) is 0 Å². The number of fused-ring (bicyclic) bond motifs is 2. The molecule has 2 aliphatic heterocycles. The van der Waals surface area contributed by atoms with Gasteiger partial charge in [0.2, 0.25) is 5.91 Å². The van der Waals surface area contributed by atoms with Crippen molar-refractivity contribution in [1.29, 1.82) is 0 Å². The summed E-state index contributed by atoms with van der Waals surface area (Å²) in [6, 6.07) is 10.6. The van der Waals surface area contributed by atoms with E-state index in [1.54, 1.807) is 24.4 Å². The van der Waals surface area contributed by atoms with Crippen molar-refractivity contribution in [2.45, 2.75) is 17.4 Å². The first-order valence-electron chi connectivity index (χ1n) is 10.5. The second-order valence-corrected chi connectivity index (χ2v) is 8.91. The van der Waals surface area contributed by atoms with Crippen molar-refractivity contribution in [3.8, 4) is 17.0 Å². The normalized spacial score (nSPS) is 19.8. The van der Waals surface area contributed by atoms with Crippen LogP contribution in [0.2, 0.25) is 0 Å². The predicted molar refractivity (Wildman–Crippen MR) is 122 cm³/mol. The van der Waals surface area contributed by atoms with Crippen LogP contribution < -0.4 is 15.4 Å². The molecule has 1 atom stereocenters. The van der Waals surface area contributed by atoms with Crippen molar-refractivity contribution < 1.29 is 23.1 Å². The Balaban J connectivity index is 1.48. The zero-order valence-electron chi connectivity index (χ0n) is 18.0. The number of nitrogens with one attached hydrogen (secondary N) is 3. The van der Waals surface area contributed by atoms with Crippen molar-refractivity contribution in [2.75, 3.05) is 30.8 Å². The van der Waals surface area contributed by atoms with Gasteiger partial charge in [0.15, 0.2) is 0 Å². The van der Waals surface area contributed by atoms with E-state index in [1.807, 2.05) is 7.05 Å². The average molecular weight is 488 g/mol. The summed E-state index contributed by atoms with van der Waals surface area (Å²) in [5.74, 6) is -0.665. The molecule has 2 amide bonds. The summed E-state index contributed by atoms with van der Waals surface area (Å²) >= 11 is 4.77. The molecule has 3 N–H and O–H groups in total. The van der Waals surface area contributed by atoms with Crippen LogP contribution in [0.1, 0.15) is 22.3 Å². The van der Waals surface area contributed by atoms with Gasteiger partial charge in [0, 0.05) is 52.4 Å². The summed E-state index contributed by atoms with van der Waals surface area (Å²) in [7, 11) is 1.97. The van der Waals surface area contributed by atoms with Crippen LogP contribution >= 0.6 is 11.6 Å². The Morgan fingerprint density at radius 2 is 2.03 bits per heavy atom. The number of carbonyl (C=O) groups excluding carboxylic acids is 2. The van der Waals surface area contributed by atoms with Gasteiger partial charge in [0.25, 0.3) is 5.91 Å². The molecule has 5 rings (SSSR count). The third-order valence-electron chi connectivity index (χ3n) is 6.16. The molecular weight excluding hydrogens is 468 g/mol. The molecule has 1 spiro atoms. The zero-order valence-corrected chi connectivity index (χ0v) is 18.7. The Kier molecular flexibility index (Phi) is 5.29. The molecule has 2 aromatic carbocycles. The number of likely N-dealkylation sites (N-methyl/N-ethyl adjacent to an activating group) is 1. The van der Waals surface area contributed by atoms with Gasteiger partial charge < -0.3 is 20.3 Å². The molecule has 3 heterocycles. The maximum absolute atomic E-state index is 13.1. The largest absolute Gasteiger partial charge is 0.487 e. The minimum absolute atomic E-state index is 0.0862. The number of nitrogens with zero attached hydrogens (tertiary/aromatic N) is 2. The first kappa shape index (κ1) is 22.3. The fraction of sp³-hybridized carbons (Fsp3) is 0.261. The third-order valence-corrected chi connectivity index (χ3v) is 6.24. The van der Waals surface area contributed by atoms with Crippen molar-refractivity contribution in [3.05, 3.63) is 59.8 Å². The van der Waals surface area contributed by atoms with E-state index in [0.29, 0.717) is 35.6 Å². The molecule has 34 heavy (non-hydrogen) atoms. The summed E-state index contributed by atoms with van der Waals surface area (Å²) in [6.45, 7) is 1.36. The average Bonchev–Trinajstić information content (AvgIpc) is 3.49. The van der Waals surface area contributed by atoms with Gasteiger partial charge in [-0.3, -0.25) is 14.7 Å². The Hall–Kier alpha value is -3.50. The standard InChI is InChI=1S/C23H20ClF2N5O3/c1-31-9-7-22(12-31)19-16(17-6-8-27-30-17)10-13(11-18(19)29-21(22)33)20(32)28-14-2-4-15(5-3-14)34-23(24,25)26/h2-6,8,10-11H,7,9,12H2,1H3,(H,27,30)(H,28,32)(H,29,33). The Morgan fingerprint density at radius 1 is 1.26 bits per heavy atom. The minimum Gasteiger partial charge on any atom is -0.420 e. The number of likely N-dealkylation sites (tertiary alicyclic amines) is 1. The van der Waals surface area contributed by atoms with Crippen LogP contribution in [0.3, 0.4) is 0 Å². The maximum atomic E-state index is 13.1. The van der Waals surface area contributed by atoms with E-state index in [-0.39, 0.29) is 11.7 Å². The van der Waals surface area contributed by atoms with Crippen molar-refractivity contribution in [1.82, 2.24) is 15.1 Å². The van der Waals surface area contributed by atoms with E-state index in [2.05, 4.69) is 30.5 Å². The van der Waals surface area contributed by atoms with Crippen LogP contribution in [-0.2, 0) is 10.2 Å². The number of benzene rings is 2. The molecule has 1 unspecified atom stereocenters. The molecule has 8 nitrogen and oxygen atoms in total. The van der Waals surface area contributed by atoms with Gasteiger partial charge in [0.05, 0.1) is 11.1 Å². The summed E-state index contributed by atoms with van der Waals surface area (Å²) in [4.78, 5) is 28.3. The highest BCUT2D eigenvalue weighted by Gasteiger charge is 2.52. The SMILES string of the molecule is CN1CCC2(C1)C(=O)Nc1cc(C(=O)Nc3ccc(OC(F)(F)Cl)cc3)cc(-c3ccn[nH]3)c12. The van der Waals surface area contributed by atoms with Gasteiger partial charge in [-0.1, -0.05) is 0 Å². The number of carbonyl (C=O) groups is 2. The number of halogens is 3. The lowest BCUT2D eigenvalue weighted by Gasteiger charge is -2.24. The smallest absolute Gasteiger partial charge is 0.420 e. The highest BCUT2D eigenvalue weighted by Crippen LogP contribution is 2.48. The third kappa shape index (κ3) is 3.99. The first-order chi connectivity index (χ1) is 16.1. The number of amides is 2. The molecule has 2 aliphatic rings. The van der Waals surface area contributed by atoms with E-state index in [0.717, 1.165) is 17.7 Å². The molecular formula is C23H20ClF2N5O3. The highest BCUT2D eigenvalue weighted by atomic mass is 35.5. The molecule has 0 aliphatic carbocycles. The van der Waals surface area contributed by atoms with Crippen LogP contribution in [-0.4, -0.2) is 52.6 Å². The van der Waals surface area contributed by atoms with E-state index in [4.69, 9.17) is 11.6 Å². The number of hydrogen-bond donors (Lipinski definition) is 3. The van der Waals surface area contributed by atoms with Crippen LogP contribution in [0.25, 0.3) is 11.3 Å². The predicted octanol–water partition coefficient (Wildman–Crippen LogP) is 4.02. The molecule has 1 fully saturated rings. The zero-order chi connectivity index (χ0) is 24.1. The van der Waals surface area contributed by atoms with Crippen molar-refractivity contribution in [2.24, 2.45) is 0 Å². The summed E-state index contributed by atoms with van der Waals surface area (Å²) in [6.07, 6.45) is 2.28. The number of hydrogen-bond acceptors (Lipinski definition) is 5. The molecule has 1 saturated heterocycles. The van der Waals surface area contributed by atoms with Gasteiger partial charge >= 0.3 is 5.57 Å². The second kappa shape index (κ2) is 8.07. The molecule has 176 valence electrons. The Labute approximate surface area is 198 Å². The van der Waals surface area contributed by atoms with E-state index >= 15 is 0 Å². The number of aromatic amines is 1. The topological polar surface area (TPSA) is 99.3 Å². The fourth-order valence-corrected chi connectivity index (χ4v) is 4.78. The second-order valence-electron chi connectivity index (χ2n) is 8.47. The number of anilines is 2. The number of alkyl halides is 3. The Morgan fingerprint density at radius 3 is 2.65 bits per heavy atom. The molecule has 1 aromatic heterocycles. The molecule has 0 saturated carbocycles. The van der Waals surface area contributed by atoms with Gasteiger partial charge in [-0.15, -0.1) is 8.78 Å². The van der Waals surface area contributed by atoms with Gasteiger partial charge in [0.1, 0.15) is 5.75 Å². The molecule has 0 bridgehead atoms. The van der Waals surface area contributed by atoms with Crippen LogP contribution in [0.15, 0.2) is 48.7 Å². The van der Waals surface area contributed by atoms with Crippen LogP contribution in [0, 0.1) is 0 Å². The lowest BCUT2D eigenvalue weighted by molar-refractivity contribution is -0.120. The van der Waals surface area contributed by atoms with E-state index in [9.17, 15) is 18.4 Å². The fourth-order valence-electron chi connectivity index (χ4n) is 4.69. The lowest BCUT2D eigenvalue weighted by Crippen LogP contribution is -2.37. The summed E-state index contributed by atoms with van der Waals surface area (Å²) < 4.78 is 29.9. The molecule has 11 heteroatoms. The van der Waals surface area contributed by atoms with E-state index < -0.39 is 16.9 Å². The quantitative estimate of drug-likeness (QED) is 0.472. The number of rotatable bonds is 5. The van der Waals surface area contributed by atoms with Crippen molar-refractivity contribution >= 4 is 34.8 Å². The number of ether oxygens (including phenoxy) is 1. The van der Waals surface area contributed by atoms with Gasteiger partial charge in [-0.05, 0) is 62.5 Å². The minimum atomic E-state index is -3.83. The summed E-state index contributed by atoms with van der Waals surface area (Å²) in [5, 5.41) is 12.7. The van der Waals surface area contributed by atoms with Crippen LogP contribution in [0.5, 0.6) is 5.75 Å². The maximum Gasteiger partial charge on any atom is 0.487 e. The van der Waals surface area contributed by atoms with E-state index in [1.165, 1.54) is 24.3 Å². The molecule has 0 radical (unpaired) electrons. The first-order valence-corrected chi connectivity index (χ1v) is 10.9. The van der Waals surface area contributed by atoms with Crippen molar-refractivity contribution in [3.63, 3.8) is 0 Å².